The monoisotopic (exact) mass is 214 g/mol. The van der Waals surface area contributed by atoms with Crippen molar-refractivity contribution in [2.24, 2.45) is 5.41 Å². The highest BCUT2D eigenvalue weighted by Crippen LogP contribution is 2.22. The van der Waals surface area contributed by atoms with Gasteiger partial charge in [0.15, 0.2) is 0 Å². The van der Waals surface area contributed by atoms with Gasteiger partial charge in [0.25, 0.3) is 0 Å². The van der Waals surface area contributed by atoms with Crippen molar-refractivity contribution >= 4 is 0 Å². The highest BCUT2D eigenvalue weighted by atomic mass is 15.1. The van der Waals surface area contributed by atoms with Gasteiger partial charge in [-0.1, -0.05) is 27.7 Å². The smallest absolute Gasteiger partial charge is 0.00991 e. The Labute approximate surface area is 96.4 Å². The van der Waals surface area contributed by atoms with Crippen molar-refractivity contribution in [2.75, 3.05) is 26.7 Å². The fraction of sp³-hybridized carbons (Fsp3) is 1.00. The van der Waals surface area contributed by atoms with Gasteiger partial charge in [-0.3, -0.25) is 0 Å². The standard InChI is InChI=1S/C13H30N2/c1-7-9-15(10-8-2)11-13(4,5)12(3)14-6/h12,14H,7-11H2,1-6H3. The molecule has 0 amide bonds. The lowest BCUT2D eigenvalue weighted by atomic mass is 9.84. The van der Waals surface area contributed by atoms with Crippen LogP contribution in [0.25, 0.3) is 0 Å². The van der Waals surface area contributed by atoms with E-state index < -0.39 is 0 Å². The van der Waals surface area contributed by atoms with Crippen molar-refractivity contribution in [3.63, 3.8) is 0 Å². The van der Waals surface area contributed by atoms with Gasteiger partial charge in [-0.25, -0.2) is 0 Å². The van der Waals surface area contributed by atoms with Crippen molar-refractivity contribution in [1.82, 2.24) is 10.2 Å². The molecule has 0 aliphatic carbocycles. The first-order valence-corrected chi connectivity index (χ1v) is 6.37. The first kappa shape index (κ1) is 14.9. The number of hydrogen-bond donors (Lipinski definition) is 1. The Morgan fingerprint density at radius 2 is 1.60 bits per heavy atom. The minimum atomic E-state index is 0.346. The van der Waals surface area contributed by atoms with Gasteiger partial charge < -0.3 is 10.2 Å². The predicted molar refractivity (Wildman–Crippen MR) is 69.3 cm³/mol. The fourth-order valence-electron chi connectivity index (χ4n) is 2.01. The third-order valence-electron chi connectivity index (χ3n) is 3.32. The summed E-state index contributed by atoms with van der Waals surface area (Å²) in [5.41, 5.74) is 0.346. The largest absolute Gasteiger partial charge is 0.317 e. The first-order valence-electron chi connectivity index (χ1n) is 6.37. The highest BCUT2D eigenvalue weighted by molar-refractivity contribution is 4.82. The lowest BCUT2D eigenvalue weighted by Crippen LogP contribution is -2.46. The zero-order valence-corrected chi connectivity index (χ0v) is 11.6. The third-order valence-corrected chi connectivity index (χ3v) is 3.32. The van der Waals surface area contributed by atoms with Crippen molar-refractivity contribution in [1.29, 1.82) is 0 Å². The summed E-state index contributed by atoms with van der Waals surface area (Å²) in [5.74, 6) is 0. The zero-order valence-electron chi connectivity index (χ0n) is 11.6. The van der Waals surface area contributed by atoms with Crippen LogP contribution in [0.3, 0.4) is 0 Å². The average Bonchev–Trinajstić information content (AvgIpc) is 2.16. The molecular weight excluding hydrogens is 184 g/mol. The normalized spacial score (nSPS) is 14.6. The van der Waals surface area contributed by atoms with Crippen molar-refractivity contribution in [3.05, 3.63) is 0 Å². The Bertz CT molecular complexity index is 149. The molecule has 1 unspecified atom stereocenters. The van der Waals surface area contributed by atoms with Crippen LogP contribution in [0.1, 0.15) is 47.5 Å². The molecule has 0 saturated carbocycles. The molecule has 0 radical (unpaired) electrons. The maximum atomic E-state index is 3.37. The number of nitrogens with zero attached hydrogens (tertiary/aromatic N) is 1. The van der Waals surface area contributed by atoms with Crippen LogP contribution in [0.4, 0.5) is 0 Å². The molecule has 0 aromatic heterocycles. The van der Waals surface area contributed by atoms with Gasteiger partial charge in [0.2, 0.25) is 0 Å². The van der Waals surface area contributed by atoms with E-state index >= 15 is 0 Å². The molecule has 0 aromatic rings. The van der Waals surface area contributed by atoms with Crippen LogP contribution in [0.5, 0.6) is 0 Å². The second kappa shape index (κ2) is 7.24. The molecular formula is C13H30N2. The molecule has 2 heteroatoms. The number of rotatable bonds is 8. The van der Waals surface area contributed by atoms with E-state index in [0.29, 0.717) is 11.5 Å². The van der Waals surface area contributed by atoms with Crippen LogP contribution in [0.2, 0.25) is 0 Å². The summed E-state index contributed by atoms with van der Waals surface area (Å²) >= 11 is 0. The molecule has 0 aromatic carbocycles. The summed E-state index contributed by atoms with van der Waals surface area (Å²) in [6, 6.07) is 0.564. The maximum Gasteiger partial charge on any atom is 0.00991 e. The summed E-state index contributed by atoms with van der Waals surface area (Å²) in [7, 11) is 2.05. The van der Waals surface area contributed by atoms with Crippen molar-refractivity contribution in [3.8, 4) is 0 Å². The van der Waals surface area contributed by atoms with Gasteiger partial charge >= 0.3 is 0 Å². The van der Waals surface area contributed by atoms with Crippen molar-refractivity contribution < 1.29 is 0 Å². The van der Waals surface area contributed by atoms with Gasteiger partial charge in [-0.05, 0) is 45.3 Å². The molecule has 0 spiro atoms. The fourth-order valence-corrected chi connectivity index (χ4v) is 2.01. The summed E-state index contributed by atoms with van der Waals surface area (Å²) < 4.78 is 0. The van der Waals surface area contributed by atoms with Gasteiger partial charge in [0.1, 0.15) is 0 Å². The van der Waals surface area contributed by atoms with Gasteiger partial charge in [-0.15, -0.1) is 0 Å². The molecule has 1 N–H and O–H groups in total. The molecule has 0 saturated heterocycles. The summed E-state index contributed by atoms with van der Waals surface area (Å²) in [6.07, 6.45) is 2.51. The molecule has 2 nitrogen and oxygen atoms in total. The van der Waals surface area contributed by atoms with E-state index in [-0.39, 0.29) is 0 Å². The second-order valence-corrected chi connectivity index (χ2v) is 5.28. The van der Waals surface area contributed by atoms with Crippen LogP contribution in [0.15, 0.2) is 0 Å². The van der Waals surface area contributed by atoms with E-state index in [1.165, 1.54) is 32.5 Å². The summed E-state index contributed by atoms with van der Waals surface area (Å²) in [6.45, 7) is 15.2. The van der Waals surface area contributed by atoms with E-state index in [2.05, 4.69) is 51.9 Å². The minimum absolute atomic E-state index is 0.346. The topological polar surface area (TPSA) is 15.3 Å². The maximum absolute atomic E-state index is 3.37. The molecule has 0 rings (SSSR count). The molecule has 1 atom stereocenters. The lowest BCUT2D eigenvalue weighted by Gasteiger charge is -2.37. The Hall–Kier alpha value is -0.0800. The van der Waals surface area contributed by atoms with Crippen LogP contribution < -0.4 is 5.32 Å². The van der Waals surface area contributed by atoms with E-state index in [0.717, 1.165) is 0 Å². The quantitative estimate of drug-likeness (QED) is 0.668. The minimum Gasteiger partial charge on any atom is -0.317 e. The first-order chi connectivity index (χ1) is 6.97. The summed E-state index contributed by atoms with van der Waals surface area (Å²) in [4.78, 5) is 2.59. The van der Waals surface area contributed by atoms with Gasteiger partial charge in [0, 0.05) is 12.6 Å². The molecule has 0 aliphatic rings. The van der Waals surface area contributed by atoms with Gasteiger partial charge in [-0.2, -0.15) is 0 Å². The summed E-state index contributed by atoms with van der Waals surface area (Å²) in [5, 5.41) is 3.37. The predicted octanol–water partition coefficient (Wildman–Crippen LogP) is 2.74. The zero-order chi connectivity index (χ0) is 11.9. The van der Waals surface area contributed by atoms with Crippen molar-refractivity contribution in [2.45, 2.75) is 53.5 Å². The van der Waals surface area contributed by atoms with Crippen LogP contribution in [-0.2, 0) is 0 Å². The second-order valence-electron chi connectivity index (χ2n) is 5.28. The van der Waals surface area contributed by atoms with Crippen LogP contribution >= 0.6 is 0 Å². The number of hydrogen-bond acceptors (Lipinski definition) is 2. The van der Waals surface area contributed by atoms with E-state index in [1.54, 1.807) is 0 Å². The van der Waals surface area contributed by atoms with Gasteiger partial charge in [0.05, 0.1) is 0 Å². The van der Waals surface area contributed by atoms with E-state index in [4.69, 9.17) is 0 Å². The Balaban J connectivity index is 4.23. The van der Waals surface area contributed by atoms with E-state index in [9.17, 15) is 0 Å². The molecule has 92 valence electrons. The SMILES string of the molecule is CCCN(CCC)CC(C)(C)C(C)NC. The Morgan fingerprint density at radius 3 is 1.93 bits per heavy atom. The average molecular weight is 214 g/mol. The molecule has 0 aliphatic heterocycles. The Kier molecular flexibility index (Phi) is 7.20. The lowest BCUT2D eigenvalue weighted by molar-refractivity contribution is 0.146. The molecule has 0 fully saturated rings. The molecule has 15 heavy (non-hydrogen) atoms. The molecule has 0 bridgehead atoms. The Morgan fingerprint density at radius 1 is 1.13 bits per heavy atom. The number of nitrogens with one attached hydrogen (secondary N) is 1. The van der Waals surface area contributed by atoms with Crippen LogP contribution in [-0.4, -0.2) is 37.6 Å². The van der Waals surface area contributed by atoms with Crippen LogP contribution in [0, 0.1) is 5.41 Å². The molecule has 0 heterocycles. The highest BCUT2D eigenvalue weighted by Gasteiger charge is 2.26. The van der Waals surface area contributed by atoms with E-state index in [1.807, 2.05) is 0 Å². The third kappa shape index (κ3) is 5.53.